The number of imide groups is 1. The quantitative estimate of drug-likeness (QED) is 0.677. The third kappa shape index (κ3) is 4.05. The summed E-state index contributed by atoms with van der Waals surface area (Å²) in [5, 5.41) is -1.29. The van der Waals surface area contributed by atoms with E-state index >= 15 is 0 Å². The lowest BCUT2D eigenvalue weighted by atomic mass is 9.89. The summed E-state index contributed by atoms with van der Waals surface area (Å²) in [4.78, 5) is 27.2. The smallest absolute Gasteiger partial charge is 0.247 e. The Morgan fingerprint density at radius 2 is 1.62 bits per heavy atom. The van der Waals surface area contributed by atoms with Gasteiger partial charge in [-0.05, 0) is 49.6 Å². The van der Waals surface area contributed by atoms with E-state index in [1.807, 2.05) is 13.8 Å². The molecule has 2 aromatic rings. The molecule has 2 amide bonds. The molecular weight excluding hydrogens is 390 g/mol. The Labute approximate surface area is 171 Å². The second-order valence-corrected chi connectivity index (χ2v) is 9.37. The number of amides is 2. The number of likely N-dealkylation sites (tertiary alicyclic amines) is 1. The molecule has 1 aliphatic heterocycles. The van der Waals surface area contributed by atoms with Crippen LogP contribution in [-0.4, -0.2) is 44.0 Å². The summed E-state index contributed by atoms with van der Waals surface area (Å²) >= 11 is 0. The summed E-state index contributed by atoms with van der Waals surface area (Å²) in [7, 11) is -2.38. The minimum absolute atomic E-state index is 0.0690. The number of nitrogens with zero attached hydrogens (tertiary/aromatic N) is 1. The Morgan fingerprint density at radius 3 is 2.17 bits per heavy atom. The van der Waals surface area contributed by atoms with Crippen LogP contribution in [0.3, 0.4) is 0 Å². The normalized spacial score (nSPS) is 20.0. The molecule has 0 aromatic heterocycles. The number of carbonyl (C=O) groups is 2. The molecule has 6 nitrogen and oxygen atoms in total. The van der Waals surface area contributed by atoms with E-state index < -0.39 is 26.9 Å². The molecule has 1 saturated heterocycles. The van der Waals surface area contributed by atoms with Gasteiger partial charge in [0.05, 0.1) is 17.9 Å². The highest BCUT2D eigenvalue weighted by molar-refractivity contribution is 7.92. The average molecular weight is 416 g/mol. The SMILES string of the molecule is CCCN1C(=O)C(c2ccc(OC)cc2)CC(S(=O)(=O)c2ccc(C)cc2)C1=O. The highest BCUT2D eigenvalue weighted by atomic mass is 32.2. The van der Waals surface area contributed by atoms with Gasteiger partial charge in [0.25, 0.3) is 0 Å². The number of ether oxygens (including phenoxy) is 1. The summed E-state index contributed by atoms with van der Waals surface area (Å²) in [6.07, 6.45) is 0.491. The fourth-order valence-corrected chi connectivity index (χ4v) is 5.28. The Bertz CT molecular complexity index is 997. The molecule has 2 atom stereocenters. The zero-order valence-electron chi connectivity index (χ0n) is 16.8. The number of sulfone groups is 1. The number of rotatable bonds is 6. The van der Waals surface area contributed by atoms with Crippen molar-refractivity contribution < 1.29 is 22.7 Å². The van der Waals surface area contributed by atoms with E-state index in [2.05, 4.69) is 0 Å². The standard InChI is InChI=1S/C22H25NO5S/c1-4-13-23-21(24)19(16-7-9-17(28-3)10-8-16)14-20(22(23)25)29(26,27)18-11-5-15(2)6-12-18/h5-12,19-20H,4,13-14H2,1-3H3. The first-order chi connectivity index (χ1) is 13.8. The second-order valence-electron chi connectivity index (χ2n) is 7.24. The van der Waals surface area contributed by atoms with Crippen LogP contribution in [0, 0.1) is 6.92 Å². The predicted molar refractivity (Wildman–Crippen MR) is 110 cm³/mol. The number of hydrogen-bond donors (Lipinski definition) is 0. The summed E-state index contributed by atoms with van der Waals surface area (Å²) < 4.78 is 31.7. The number of benzene rings is 2. The lowest BCUT2D eigenvalue weighted by Gasteiger charge is -2.35. The van der Waals surface area contributed by atoms with Crippen molar-refractivity contribution in [3.63, 3.8) is 0 Å². The topological polar surface area (TPSA) is 80.8 Å². The van der Waals surface area contributed by atoms with Gasteiger partial charge in [-0.15, -0.1) is 0 Å². The van der Waals surface area contributed by atoms with Crippen LogP contribution >= 0.6 is 0 Å². The van der Waals surface area contributed by atoms with Gasteiger partial charge in [-0.25, -0.2) is 8.42 Å². The number of methoxy groups -OCH3 is 1. The summed E-state index contributed by atoms with van der Waals surface area (Å²) in [6.45, 7) is 3.91. The van der Waals surface area contributed by atoms with Crippen LogP contribution in [0.2, 0.25) is 0 Å². The van der Waals surface area contributed by atoms with E-state index in [9.17, 15) is 18.0 Å². The molecule has 2 unspecified atom stereocenters. The minimum atomic E-state index is -3.92. The van der Waals surface area contributed by atoms with Crippen molar-refractivity contribution >= 4 is 21.7 Å². The first-order valence-corrected chi connectivity index (χ1v) is 11.1. The van der Waals surface area contributed by atoms with Crippen LogP contribution in [0.15, 0.2) is 53.4 Å². The summed E-state index contributed by atoms with van der Waals surface area (Å²) in [5.41, 5.74) is 1.60. The number of carbonyl (C=O) groups excluding carboxylic acids is 2. The molecule has 1 fully saturated rings. The van der Waals surface area contributed by atoms with Crippen molar-refractivity contribution in [1.82, 2.24) is 4.90 Å². The molecule has 1 aliphatic rings. The van der Waals surface area contributed by atoms with Gasteiger partial charge >= 0.3 is 0 Å². The molecule has 0 spiro atoms. The number of aryl methyl sites for hydroxylation is 1. The third-order valence-corrected chi connectivity index (χ3v) is 7.32. The predicted octanol–water partition coefficient (Wildman–Crippen LogP) is 3.10. The van der Waals surface area contributed by atoms with Crippen molar-refractivity contribution in [3.05, 3.63) is 59.7 Å². The average Bonchev–Trinajstić information content (AvgIpc) is 2.71. The van der Waals surface area contributed by atoms with Gasteiger partial charge in [-0.1, -0.05) is 36.8 Å². The van der Waals surface area contributed by atoms with Crippen molar-refractivity contribution in [2.24, 2.45) is 0 Å². The van der Waals surface area contributed by atoms with Crippen LogP contribution in [0.1, 0.15) is 36.8 Å². The van der Waals surface area contributed by atoms with Gasteiger partial charge in [-0.2, -0.15) is 0 Å². The van der Waals surface area contributed by atoms with Crippen molar-refractivity contribution in [2.45, 2.75) is 42.8 Å². The fourth-order valence-electron chi connectivity index (χ4n) is 3.60. The molecule has 0 bridgehead atoms. The van der Waals surface area contributed by atoms with Gasteiger partial charge in [0.2, 0.25) is 11.8 Å². The van der Waals surface area contributed by atoms with Gasteiger partial charge < -0.3 is 4.74 Å². The van der Waals surface area contributed by atoms with E-state index in [0.717, 1.165) is 10.5 Å². The Balaban J connectivity index is 2.02. The molecule has 3 rings (SSSR count). The molecule has 7 heteroatoms. The monoisotopic (exact) mass is 415 g/mol. The molecule has 0 aliphatic carbocycles. The van der Waals surface area contributed by atoms with Crippen molar-refractivity contribution in [3.8, 4) is 5.75 Å². The van der Waals surface area contributed by atoms with Gasteiger partial charge in [0, 0.05) is 6.54 Å². The number of piperidine rings is 1. The fraction of sp³-hybridized carbons (Fsp3) is 0.364. The van der Waals surface area contributed by atoms with Gasteiger partial charge in [-0.3, -0.25) is 14.5 Å². The van der Waals surface area contributed by atoms with Crippen LogP contribution in [0.25, 0.3) is 0 Å². The van der Waals surface area contributed by atoms with Gasteiger partial charge in [0.1, 0.15) is 11.0 Å². The van der Waals surface area contributed by atoms with E-state index in [-0.39, 0.29) is 23.8 Å². The highest BCUT2D eigenvalue weighted by Gasteiger charge is 2.47. The largest absolute Gasteiger partial charge is 0.497 e. The Kier molecular flexibility index (Phi) is 6.07. The molecule has 0 radical (unpaired) electrons. The van der Waals surface area contributed by atoms with Crippen LogP contribution < -0.4 is 4.74 Å². The van der Waals surface area contributed by atoms with Crippen molar-refractivity contribution in [2.75, 3.05) is 13.7 Å². The molecule has 2 aromatic carbocycles. The molecule has 0 N–H and O–H groups in total. The maximum absolute atomic E-state index is 13.3. The van der Waals surface area contributed by atoms with Crippen LogP contribution in [-0.2, 0) is 19.4 Å². The molecule has 1 heterocycles. The highest BCUT2D eigenvalue weighted by Crippen LogP contribution is 2.35. The van der Waals surface area contributed by atoms with Crippen molar-refractivity contribution in [1.29, 1.82) is 0 Å². The van der Waals surface area contributed by atoms with Gasteiger partial charge in [0.15, 0.2) is 9.84 Å². The Morgan fingerprint density at radius 1 is 1.00 bits per heavy atom. The molecule has 29 heavy (non-hydrogen) atoms. The summed E-state index contributed by atoms with van der Waals surface area (Å²) in [5.74, 6) is -1.04. The lowest BCUT2D eigenvalue weighted by Crippen LogP contribution is -2.53. The maximum Gasteiger partial charge on any atom is 0.247 e. The minimum Gasteiger partial charge on any atom is -0.497 e. The zero-order chi connectivity index (χ0) is 21.2. The van der Waals surface area contributed by atoms with E-state index in [4.69, 9.17) is 4.74 Å². The van der Waals surface area contributed by atoms with E-state index in [0.29, 0.717) is 17.7 Å². The molecule has 154 valence electrons. The first kappa shape index (κ1) is 21.0. The second kappa shape index (κ2) is 8.37. The first-order valence-electron chi connectivity index (χ1n) is 9.59. The lowest BCUT2D eigenvalue weighted by molar-refractivity contribution is -0.149. The molecular formula is C22H25NO5S. The number of hydrogen-bond acceptors (Lipinski definition) is 5. The van der Waals surface area contributed by atoms with Crippen LogP contribution in [0.5, 0.6) is 5.75 Å². The van der Waals surface area contributed by atoms with Crippen LogP contribution in [0.4, 0.5) is 0 Å². The Hall–Kier alpha value is -2.67. The zero-order valence-corrected chi connectivity index (χ0v) is 17.6. The maximum atomic E-state index is 13.3. The third-order valence-electron chi connectivity index (χ3n) is 5.24. The molecule has 0 saturated carbocycles. The van der Waals surface area contributed by atoms with E-state index in [1.54, 1.807) is 43.5 Å². The summed E-state index contributed by atoms with van der Waals surface area (Å²) in [6, 6.07) is 13.4. The van der Waals surface area contributed by atoms with E-state index in [1.165, 1.54) is 12.1 Å².